The highest BCUT2D eigenvalue weighted by Gasteiger charge is 2.30. The van der Waals surface area contributed by atoms with Gasteiger partial charge in [-0.2, -0.15) is 0 Å². The number of hydrogen-bond acceptors (Lipinski definition) is 4. The van der Waals surface area contributed by atoms with E-state index < -0.39 is 0 Å². The molecule has 1 aliphatic rings. The van der Waals surface area contributed by atoms with Crippen LogP contribution in [-0.2, 0) is 4.79 Å². The maximum absolute atomic E-state index is 12.5. The van der Waals surface area contributed by atoms with Gasteiger partial charge in [0.2, 0.25) is 5.91 Å². The minimum Gasteiger partial charge on any atom is -0.467 e. The zero-order valence-corrected chi connectivity index (χ0v) is 13.8. The van der Waals surface area contributed by atoms with E-state index in [1.807, 2.05) is 30.5 Å². The number of amides is 2. The zero-order valence-electron chi connectivity index (χ0n) is 13.0. The summed E-state index contributed by atoms with van der Waals surface area (Å²) in [7, 11) is 0. The molecule has 0 aromatic carbocycles. The maximum Gasteiger partial charge on any atom is 0.263 e. The first-order valence-corrected chi connectivity index (χ1v) is 8.69. The first kappa shape index (κ1) is 15.8. The van der Waals surface area contributed by atoms with Crippen molar-refractivity contribution in [2.45, 2.75) is 25.8 Å². The Morgan fingerprint density at radius 3 is 2.96 bits per heavy atom. The lowest BCUT2D eigenvalue weighted by Crippen LogP contribution is -2.45. The first-order valence-electron chi connectivity index (χ1n) is 7.81. The van der Waals surface area contributed by atoms with E-state index >= 15 is 0 Å². The quantitative estimate of drug-likeness (QED) is 0.936. The van der Waals surface area contributed by atoms with E-state index in [0.717, 1.165) is 23.5 Å². The summed E-state index contributed by atoms with van der Waals surface area (Å²) in [5.41, 5.74) is 0. The maximum atomic E-state index is 12.5. The normalized spacial score (nSPS) is 19.3. The van der Waals surface area contributed by atoms with E-state index in [9.17, 15) is 9.59 Å². The number of hydrogen-bond donors (Lipinski definition) is 1. The van der Waals surface area contributed by atoms with Gasteiger partial charge in [0.05, 0.1) is 23.1 Å². The standard InChI is InChI=1S/C17H20N2O3S/c1-12(14-6-3-9-22-14)18-16(20)13-5-2-8-19(11-13)17(21)15-7-4-10-23-15/h3-4,6-7,9-10,12-13H,2,5,8,11H2,1H3,(H,18,20). The molecule has 0 spiro atoms. The number of thiophene rings is 1. The van der Waals surface area contributed by atoms with Gasteiger partial charge in [0.15, 0.2) is 0 Å². The fourth-order valence-corrected chi connectivity index (χ4v) is 3.56. The Bertz CT molecular complexity index is 651. The molecule has 23 heavy (non-hydrogen) atoms. The monoisotopic (exact) mass is 332 g/mol. The van der Waals surface area contributed by atoms with E-state index in [4.69, 9.17) is 4.42 Å². The molecular formula is C17H20N2O3S. The van der Waals surface area contributed by atoms with Crippen LogP contribution in [0.1, 0.15) is 41.2 Å². The number of rotatable bonds is 4. The van der Waals surface area contributed by atoms with Crippen molar-refractivity contribution in [2.24, 2.45) is 5.92 Å². The van der Waals surface area contributed by atoms with Crippen molar-refractivity contribution in [3.05, 3.63) is 46.5 Å². The molecule has 0 aliphatic carbocycles. The van der Waals surface area contributed by atoms with Gasteiger partial charge in [-0.15, -0.1) is 11.3 Å². The van der Waals surface area contributed by atoms with Crippen LogP contribution in [0.3, 0.4) is 0 Å². The Morgan fingerprint density at radius 2 is 2.26 bits per heavy atom. The topological polar surface area (TPSA) is 62.6 Å². The largest absolute Gasteiger partial charge is 0.467 e. The van der Waals surface area contributed by atoms with Crippen molar-refractivity contribution >= 4 is 23.2 Å². The number of furan rings is 1. The van der Waals surface area contributed by atoms with Gasteiger partial charge in [-0.25, -0.2) is 0 Å². The molecule has 3 heterocycles. The Morgan fingerprint density at radius 1 is 1.39 bits per heavy atom. The van der Waals surface area contributed by atoms with Crippen molar-refractivity contribution < 1.29 is 14.0 Å². The molecule has 0 saturated carbocycles. The number of nitrogens with one attached hydrogen (secondary N) is 1. The summed E-state index contributed by atoms with van der Waals surface area (Å²) < 4.78 is 5.31. The first-order chi connectivity index (χ1) is 11.1. The predicted molar refractivity (Wildman–Crippen MR) is 88.2 cm³/mol. The molecule has 1 fully saturated rings. The van der Waals surface area contributed by atoms with E-state index in [0.29, 0.717) is 13.1 Å². The van der Waals surface area contributed by atoms with Gasteiger partial charge in [0.25, 0.3) is 5.91 Å². The third-order valence-electron chi connectivity index (χ3n) is 4.14. The molecule has 1 aliphatic heterocycles. The average Bonchev–Trinajstić information content (AvgIpc) is 3.27. The summed E-state index contributed by atoms with van der Waals surface area (Å²) in [4.78, 5) is 27.4. The van der Waals surface area contributed by atoms with Gasteiger partial charge in [-0.3, -0.25) is 9.59 Å². The molecule has 3 rings (SSSR count). The van der Waals surface area contributed by atoms with Crippen molar-refractivity contribution in [3.8, 4) is 0 Å². The van der Waals surface area contributed by atoms with Crippen LogP contribution in [0.25, 0.3) is 0 Å². The second-order valence-corrected chi connectivity index (χ2v) is 6.76. The molecule has 0 bridgehead atoms. The van der Waals surface area contributed by atoms with Crippen LogP contribution in [0.5, 0.6) is 0 Å². The van der Waals surface area contributed by atoms with Crippen LogP contribution < -0.4 is 5.32 Å². The molecular weight excluding hydrogens is 312 g/mol. The van der Waals surface area contributed by atoms with Crippen LogP contribution in [-0.4, -0.2) is 29.8 Å². The van der Waals surface area contributed by atoms with Gasteiger partial charge in [-0.05, 0) is 43.3 Å². The van der Waals surface area contributed by atoms with Crippen LogP contribution in [0, 0.1) is 5.92 Å². The molecule has 0 radical (unpaired) electrons. The number of piperidine rings is 1. The van der Waals surface area contributed by atoms with Crippen LogP contribution >= 0.6 is 11.3 Å². The van der Waals surface area contributed by atoms with Gasteiger partial charge in [-0.1, -0.05) is 6.07 Å². The zero-order chi connectivity index (χ0) is 16.2. The molecule has 122 valence electrons. The van der Waals surface area contributed by atoms with Crippen LogP contribution in [0.15, 0.2) is 40.3 Å². The smallest absolute Gasteiger partial charge is 0.263 e. The second kappa shape index (κ2) is 7.00. The Labute approximate surface area is 139 Å². The summed E-state index contributed by atoms with van der Waals surface area (Å²) in [6.07, 6.45) is 3.26. The van der Waals surface area contributed by atoms with Gasteiger partial charge >= 0.3 is 0 Å². The molecule has 2 amide bonds. The third-order valence-corrected chi connectivity index (χ3v) is 5.00. The summed E-state index contributed by atoms with van der Waals surface area (Å²) in [6, 6.07) is 7.19. The third kappa shape index (κ3) is 3.64. The van der Waals surface area contributed by atoms with Crippen LogP contribution in [0.2, 0.25) is 0 Å². The van der Waals surface area contributed by atoms with Gasteiger partial charge in [0, 0.05) is 13.1 Å². The number of carbonyl (C=O) groups is 2. The van der Waals surface area contributed by atoms with Crippen molar-refractivity contribution in [1.29, 1.82) is 0 Å². The van der Waals surface area contributed by atoms with Crippen LogP contribution in [0.4, 0.5) is 0 Å². The SMILES string of the molecule is CC(NC(=O)C1CCCN(C(=O)c2cccs2)C1)c1ccco1. The lowest BCUT2D eigenvalue weighted by Gasteiger charge is -2.32. The summed E-state index contributed by atoms with van der Waals surface area (Å²) in [6.45, 7) is 3.09. The molecule has 1 saturated heterocycles. The highest BCUT2D eigenvalue weighted by molar-refractivity contribution is 7.12. The fourth-order valence-electron chi connectivity index (χ4n) is 2.87. The van der Waals surface area contributed by atoms with Gasteiger partial charge in [0.1, 0.15) is 5.76 Å². The van der Waals surface area contributed by atoms with Crippen molar-refractivity contribution in [1.82, 2.24) is 10.2 Å². The molecule has 2 aromatic heterocycles. The van der Waals surface area contributed by atoms with E-state index in [-0.39, 0.29) is 23.8 Å². The lowest BCUT2D eigenvalue weighted by molar-refractivity contribution is -0.127. The highest BCUT2D eigenvalue weighted by atomic mass is 32.1. The second-order valence-electron chi connectivity index (χ2n) is 5.81. The molecule has 6 heteroatoms. The molecule has 5 nitrogen and oxygen atoms in total. The van der Waals surface area contributed by atoms with E-state index in [2.05, 4.69) is 5.32 Å². The minimum absolute atomic E-state index is 0.0161. The number of likely N-dealkylation sites (tertiary alicyclic amines) is 1. The lowest BCUT2D eigenvalue weighted by atomic mass is 9.96. The van der Waals surface area contributed by atoms with Crippen molar-refractivity contribution in [2.75, 3.05) is 13.1 Å². The van der Waals surface area contributed by atoms with Gasteiger partial charge < -0.3 is 14.6 Å². The fraction of sp³-hybridized carbons (Fsp3) is 0.412. The minimum atomic E-state index is -0.166. The molecule has 2 unspecified atom stereocenters. The molecule has 1 N–H and O–H groups in total. The molecule has 2 atom stereocenters. The Kier molecular flexibility index (Phi) is 4.81. The highest BCUT2D eigenvalue weighted by Crippen LogP contribution is 2.22. The number of carbonyl (C=O) groups excluding carboxylic acids is 2. The summed E-state index contributed by atoms with van der Waals surface area (Å²) in [5, 5.41) is 4.87. The Hall–Kier alpha value is -2.08. The molecule has 2 aromatic rings. The van der Waals surface area contributed by atoms with E-state index in [1.54, 1.807) is 17.2 Å². The predicted octanol–water partition coefficient (Wildman–Crippen LogP) is 3.07. The van der Waals surface area contributed by atoms with E-state index in [1.165, 1.54) is 11.3 Å². The van der Waals surface area contributed by atoms with Crippen molar-refractivity contribution in [3.63, 3.8) is 0 Å². The Balaban J connectivity index is 1.59. The average molecular weight is 332 g/mol. The summed E-state index contributed by atoms with van der Waals surface area (Å²) >= 11 is 1.44. The summed E-state index contributed by atoms with van der Waals surface area (Å²) in [5.74, 6) is 0.583. The number of nitrogens with zero attached hydrogens (tertiary/aromatic N) is 1.